The Morgan fingerprint density at radius 3 is 2.34 bits per heavy atom. The van der Waals surface area contributed by atoms with Crippen molar-refractivity contribution >= 4 is 43.2 Å². The SMILES string of the molecule is O=C(NCCN1CCOCC1)c1cc(NS(=O)(=O)c2ccc(Br)cc2)ccc1N1CCC(Cc2ccccc2)CC1. The number of carbonyl (C=O) groups excluding carboxylic acids is 1. The molecular formula is C31H37BrN4O4S. The van der Waals surface area contributed by atoms with Gasteiger partial charge in [0.2, 0.25) is 0 Å². The van der Waals surface area contributed by atoms with Gasteiger partial charge in [0, 0.05) is 55.1 Å². The number of amides is 1. The molecule has 2 aliphatic rings. The van der Waals surface area contributed by atoms with E-state index >= 15 is 0 Å². The Morgan fingerprint density at radius 2 is 1.63 bits per heavy atom. The summed E-state index contributed by atoms with van der Waals surface area (Å²) in [5.41, 5.74) is 3.02. The largest absolute Gasteiger partial charge is 0.379 e. The van der Waals surface area contributed by atoms with E-state index in [0.29, 0.717) is 36.9 Å². The molecule has 2 heterocycles. The lowest BCUT2D eigenvalue weighted by atomic mass is 9.89. The zero-order valence-corrected chi connectivity index (χ0v) is 25.5. The second kappa shape index (κ2) is 13.8. The van der Waals surface area contributed by atoms with E-state index < -0.39 is 10.0 Å². The van der Waals surface area contributed by atoms with E-state index in [1.165, 1.54) is 5.56 Å². The number of halogens is 1. The van der Waals surface area contributed by atoms with Crippen molar-refractivity contribution in [1.29, 1.82) is 0 Å². The Kier molecular flexibility index (Phi) is 9.97. The minimum Gasteiger partial charge on any atom is -0.379 e. The van der Waals surface area contributed by atoms with Crippen LogP contribution in [0.2, 0.25) is 0 Å². The third-order valence-corrected chi connectivity index (χ3v) is 9.68. The van der Waals surface area contributed by atoms with Crippen LogP contribution in [0.25, 0.3) is 0 Å². The summed E-state index contributed by atoms with van der Waals surface area (Å²) in [7, 11) is -3.81. The molecule has 0 atom stereocenters. The highest BCUT2D eigenvalue weighted by Gasteiger charge is 2.25. The number of nitrogens with zero attached hydrogens (tertiary/aromatic N) is 2. The minimum atomic E-state index is -3.81. The van der Waals surface area contributed by atoms with E-state index in [1.807, 2.05) is 12.1 Å². The summed E-state index contributed by atoms with van der Waals surface area (Å²) < 4.78 is 35.0. The van der Waals surface area contributed by atoms with E-state index in [0.717, 1.165) is 62.1 Å². The smallest absolute Gasteiger partial charge is 0.261 e. The van der Waals surface area contributed by atoms with Gasteiger partial charge in [0.1, 0.15) is 0 Å². The maximum Gasteiger partial charge on any atom is 0.261 e. The molecule has 5 rings (SSSR count). The fourth-order valence-corrected chi connectivity index (χ4v) is 6.77. The van der Waals surface area contributed by atoms with Crippen LogP contribution in [0.5, 0.6) is 0 Å². The van der Waals surface area contributed by atoms with Crippen LogP contribution in [0.15, 0.2) is 82.2 Å². The fraction of sp³-hybridized carbons (Fsp3) is 0.387. The maximum absolute atomic E-state index is 13.5. The summed E-state index contributed by atoms with van der Waals surface area (Å²) in [6.45, 7) is 6.05. The number of hydrogen-bond acceptors (Lipinski definition) is 6. The Balaban J connectivity index is 1.31. The number of anilines is 2. The van der Waals surface area contributed by atoms with Crippen molar-refractivity contribution in [2.75, 3.05) is 62.1 Å². The van der Waals surface area contributed by atoms with Gasteiger partial charge in [0.15, 0.2) is 0 Å². The van der Waals surface area contributed by atoms with Gasteiger partial charge in [-0.15, -0.1) is 0 Å². The molecule has 2 aliphatic heterocycles. The molecule has 0 unspecified atom stereocenters. The predicted octanol–water partition coefficient (Wildman–Crippen LogP) is 4.77. The van der Waals surface area contributed by atoms with E-state index in [1.54, 1.807) is 36.4 Å². The van der Waals surface area contributed by atoms with E-state index in [2.05, 4.69) is 60.0 Å². The molecular weight excluding hydrogens is 604 g/mol. The van der Waals surface area contributed by atoms with Gasteiger partial charge >= 0.3 is 0 Å². The van der Waals surface area contributed by atoms with Crippen LogP contribution < -0.4 is 14.9 Å². The average molecular weight is 642 g/mol. The van der Waals surface area contributed by atoms with E-state index in [4.69, 9.17) is 4.74 Å². The standard InChI is InChI=1S/C31H37BrN4O4S/c32-26-6-9-28(10-7-26)41(38,39)34-27-8-11-30(29(23-27)31(37)33-14-17-35-18-20-40-21-19-35)36-15-12-25(13-16-36)22-24-4-2-1-3-5-24/h1-11,23,25,34H,12-22H2,(H,33,37). The molecule has 0 bridgehead atoms. The molecule has 2 saturated heterocycles. The highest BCUT2D eigenvalue weighted by Crippen LogP contribution is 2.31. The topological polar surface area (TPSA) is 91.0 Å². The lowest BCUT2D eigenvalue weighted by molar-refractivity contribution is 0.0383. The summed E-state index contributed by atoms with van der Waals surface area (Å²) in [5, 5.41) is 3.06. The summed E-state index contributed by atoms with van der Waals surface area (Å²) in [4.78, 5) is 18.2. The number of ether oxygens (including phenoxy) is 1. The normalized spacial score (nSPS) is 16.9. The van der Waals surface area contributed by atoms with E-state index in [-0.39, 0.29) is 10.8 Å². The fourth-order valence-electron chi connectivity index (χ4n) is 5.46. The number of piperidine rings is 1. The molecule has 1 amide bonds. The number of morpholine rings is 1. The number of nitrogens with one attached hydrogen (secondary N) is 2. The molecule has 8 nitrogen and oxygen atoms in total. The van der Waals surface area contributed by atoms with Gasteiger partial charge in [-0.2, -0.15) is 0 Å². The number of benzene rings is 3. The molecule has 0 aliphatic carbocycles. The first-order valence-electron chi connectivity index (χ1n) is 14.2. The van der Waals surface area contributed by atoms with Crippen molar-refractivity contribution in [3.8, 4) is 0 Å². The van der Waals surface area contributed by atoms with Crippen LogP contribution in [-0.4, -0.2) is 71.7 Å². The number of sulfonamides is 1. The maximum atomic E-state index is 13.5. The Bertz CT molecular complexity index is 1410. The summed E-state index contributed by atoms with van der Waals surface area (Å²) in [5.74, 6) is 0.390. The van der Waals surface area contributed by atoms with Crippen molar-refractivity contribution in [2.45, 2.75) is 24.2 Å². The molecule has 3 aromatic carbocycles. The summed E-state index contributed by atoms with van der Waals surface area (Å²) in [6.07, 6.45) is 3.12. The van der Waals surface area contributed by atoms with Gasteiger partial charge < -0.3 is 15.0 Å². The lowest BCUT2D eigenvalue weighted by Gasteiger charge is -2.35. The van der Waals surface area contributed by atoms with Gasteiger partial charge in [-0.05, 0) is 73.2 Å². The van der Waals surface area contributed by atoms with Crippen LogP contribution in [0, 0.1) is 5.92 Å². The van der Waals surface area contributed by atoms with Crippen molar-refractivity contribution in [1.82, 2.24) is 10.2 Å². The van der Waals surface area contributed by atoms with Crippen molar-refractivity contribution < 1.29 is 17.9 Å². The van der Waals surface area contributed by atoms with Crippen LogP contribution in [0.4, 0.5) is 11.4 Å². The number of rotatable bonds is 10. The van der Waals surface area contributed by atoms with Gasteiger partial charge in [0.05, 0.1) is 23.7 Å². The molecule has 218 valence electrons. The molecule has 2 fully saturated rings. The van der Waals surface area contributed by atoms with Gasteiger partial charge in [-0.3, -0.25) is 14.4 Å². The minimum absolute atomic E-state index is 0.154. The van der Waals surface area contributed by atoms with Crippen LogP contribution >= 0.6 is 15.9 Å². The first kappa shape index (κ1) is 29.6. The number of carbonyl (C=O) groups is 1. The highest BCUT2D eigenvalue weighted by molar-refractivity contribution is 9.10. The lowest BCUT2D eigenvalue weighted by Crippen LogP contribution is -2.41. The summed E-state index contributed by atoms with van der Waals surface area (Å²) >= 11 is 3.34. The first-order chi connectivity index (χ1) is 19.9. The van der Waals surface area contributed by atoms with Crippen LogP contribution in [0.3, 0.4) is 0 Å². The van der Waals surface area contributed by atoms with Gasteiger partial charge in [-0.1, -0.05) is 46.3 Å². The molecule has 0 radical (unpaired) electrons. The van der Waals surface area contributed by atoms with Crippen molar-refractivity contribution in [3.05, 3.63) is 88.4 Å². The zero-order valence-electron chi connectivity index (χ0n) is 23.1. The Hall–Kier alpha value is -2.92. The third-order valence-electron chi connectivity index (χ3n) is 7.76. The molecule has 41 heavy (non-hydrogen) atoms. The Labute approximate surface area is 251 Å². The van der Waals surface area contributed by atoms with Crippen LogP contribution in [0.1, 0.15) is 28.8 Å². The molecule has 3 aromatic rings. The molecule has 0 spiro atoms. The van der Waals surface area contributed by atoms with Crippen molar-refractivity contribution in [3.63, 3.8) is 0 Å². The first-order valence-corrected chi connectivity index (χ1v) is 16.4. The number of hydrogen-bond donors (Lipinski definition) is 2. The van der Waals surface area contributed by atoms with E-state index in [9.17, 15) is 13.2 Å². The second-order valence-corrected chi connectivity index (χ2v) is 13.2. The monoisotopic (exact) mass is 640 g/mol. The molecule has 0 saturated carbocycles. The summed E-state index contributed by atoms with van der Waals surface area (Å²) in [6, 6.07) is 22.3. The third kappa shape index (κ3) is 8.09. The van der Waals surface area contributed by atoms with Gasteiger partial charge in [-0.25, -0.2) is 8.42 Å². The van der Waals surface area contributed by atoms with Crippen LogP contribution in [-0.2, 0) is 21.2 Å². The predicted molar refractivity (Wildman–Crippen MR) is 166 cm³/mol. The zero-order chi connectivity index (χ0) is 28.7. The van der Waals surface area contributed by atoms with Gasteiger partial charge in [0.25, 0.3) is 15.9 Å². The van der Waals surface area contributed by atoms with Crippen molar-refractivity contribution in [2.24, 2.45) is 5.92 Å². The molecule has 2 N–H and O–H groups in total. The highest BCUT2D eigenvalue weighted by atomic mass is 79.9. The Morgan fingerprint density at radius 1 is 0.927 bits per heavy atom. The average Bonchev–Trinajstić information content (AvgIpc) is 2.99. The second-order valence-electron chi connectivity index (χ2n) is 10.6. The molecule has 10 heteroatoms. The molecule has 0 aromatic heterocycles. The quantitative estimate of drug-likeness (QED) is 0.332.